The molecule has 1 amide bonds. The first-order valence-electron chi connectivity index (χ1n) is 8.08. The quantitative estimate of drug-likeness (QED) is 0.578. The summed E-state index contributed by atoms with van der Waals surface area (Å²) in [5.74, 6) is -0.0154. The number of carbonyl (C=O) groups excluding carboxylic acids is 1. The molecule has 0 saturated carbocycles. The molecule has 3 aromatic heterocycles. The zero-order valence-electron chi connectivity index (χ0n) is 14.0. The molecule has 5 nitrogen and oxygen atoms in total. The number of amides is 1. The number of H-pyrrole nitrogens is 1. The van der Waals surface area contributed by atoms with Gasteiger partial charge in [-0.1, -0.05) is 12.1 Å². The smallest absolute Gasteiger partial charge is 0.222 e. The molecule has 0 saturated heterocycles. The van der Waals surface area contributed by atoms with Crippen molar-refractivity contribution in [3.63, 3.8) is 0 Å². The molecule has 1 aromatic carbocycles. The monoisotopic (exact) mass is 346 g/mol. The average Bonchev–Trinajstić information content (AvgIpc) is 3.02. The molecule has 0 radical (unpaired) electrons. The van der Waals surface area contributed by atoms with Gasteiger partial charge in [0, 0.05) is 30.4 Å². The molecule has 3 heterocycles. The third kappa shape index (κ3) is 2.93. The van der Waals surface area contributed by atoms with Crippen molar-refractivity contribution in [3.8, 4) is 22.4 Å². The fourth-order valence-electron chi connectivity index (χ4n) is 2.97. The van der Waals surface area contributed by atoms with E-state index in [0.29, 0.717) is 5.82 Å². The van der Waals surface area contributed by atoms with E-state index in [4.69, 9.17) is 0 Å². The summed E-state index contributed by atoms with van der Waals surface area (Å²) in [6, 6.07) is 13.7. The van der Waals surface area contributed by atoms with Crippen molar-refractivity contribution in [1.82, 2.24) is 15.0 Å². The van der Waals surface area contributed by atoms with Crippen LogP contribution in [0.4, 0.5) is 10.2 Å². The number of pyridine rings is 2. The fraction of sp³-hybridized carbons (Fsp3) is 0.0500. The fourth-order valence-corrected chi connectivity index (χ4v) is 2.97. The highest BCUT2D eigenvalue weighted by molar-refractivity contribution is 6.01. The van der Waals surface area contributed by atoms with E-state index in [0.717, 1.165) is 33.4 Å². The van der Waals surface area contributed by atoms with Crippen LogP contribution in [0.1, 0.15) is 6.92 Å². The highest BCUT2D eigenvalue weighted by Gasteiger charge is 2.16. The molecular weight excluding hydrogens is 331 g/mol. The van der Waals surface area contributed by atoms with E-state index in [2.05, 4.69) is 20.3 Å². The second-order valence-electron chi connectivity index (χ2n) is 5.89. The zero-order valence-corrected chi connectivity index (χ0v) is 14.0. The van der Waals surface area contributed by atoms with Gasteiger partial charge >= 0.3 is 0 Å². The second-order valence-corrected chi connectivity index (χ2v) is 5.89. The lowest BCUT2D eigenvalue weighted by molar-refractivity contribution is -0.114. The summed E-state index contributed by atoms with van der Waals surface area (Å²) in [7, 11) is 0. The molecule has 4 aromatic rings. The van der Waals surface area contributed by atoms with E-state index in [1.54, 1.807) is 30.6 Å². The molecule has 6 heteroatoms. The van der Waals surface area contributed by atoms with Gasteiger partial charge in [0.25, 0.3) is 0 Å². The molecule has 4 rings (SSSR count). The minimum Gasteiger partial charge on any atom is -0.353 e. The Bertz CT molecular complexity index is 1100. The largest absolute Gasteiger partial charge is 0.353 e. The van der Waals surface area contributed by atoms with Crippen molar-refractivity contribution in [2.75, 3.05) is 5.32 Å². The molecule has 0 aliphatic rings. The van der Waals surface area contributed by atoms with Gasteiger partial charge in [0.2, 0.25) is 5.91 Å². The maximum Gasteiger partial charge on any atom is 0.222 e. The molecule has 0 spiro atoms. The van der Waals surface area contributed by atoms with Crippen LogP contribution in [0, 0.1) is 5.82 Å². The van der Waals surface area contributed by atoms with Crippen LogP contribution in [0.15, 0.2) is 60.9 Å². The number of nitrogens with zero attached hydrogens (tertiary/aromatic N) is 2. The number of halogens is 1. The van der Waals surface area contributed by atoms with Gasteiger partial charge in [0.1, 0.15) is 11.6 Å². The highest BCUT2D eigenvalue weighted by atomic mass is 19.1. The number of benzene rings is 1. The van der Waals surface area contributed by atoms with Crippen LogP contribution in [0.5, 0.6) is 0 Å². The Morgan fingerprint density at radius 1 is 1.04 bits per heavy atom. The Labute approximate surface area is 148 Å². The van der Waals surface area contributed by atoms with Gasteiger partial charge in [-0.3, -0.25) is 9.78 Å². The van der Waals surface area contributed by atoms with Gasteiger partial charge in [-0.15, -0.1) is 0 Å². The van der Waals surface area contributed by atoms with Gasteiger partial charge in [0.05, 0.1) is 16.7 Å². The van der Waals surface area contributed by atoms with Crippen molar-refractivity contribution in [1.29, 1.82) is 0 Å². The molecule has 0 atom stereocenters. The lowest BCUT2D eigenvalue weighted by Crippen LogP contribution is -2.07. The number of hydrogen-bond acceptors (Lipinski definition) is 3. The Balaban J connectivity index is 1.94. The van der Waals surface area contributed by atoms with E-state index in [1.807, 2.05) is 18.2 Å². The van der Waals surface area contributed by atoms with E-state index in [1.165, 1.54) is 19.1 Å². The molecule has 0 aliphatic heterocycles. The minimum atomic E-state index is -0.292. The second kappa shape index (κ2) is 6.40. The molecule has 0 unspecified atom stereocenters. The molecule has 2 N–H and O–H groups in total. The van der Waals surface area contributed by atoms with E-state index in [-0.39, 0.29) is 11.7 Å². The Kier molecular flexibility index (Phi) is 3.93. The van der Waals surface area contributed by atoms with Crippen molar-refractivity contribution < 1.29 is 9.18 Å². The zero-order chi connectivity index (χ0) is 18.1. The molecular formula is C20H15FN4O. The van der Waals surface area contributed by atoms with Crippen LogP contribution >= 0.6 is 0 Å². The third-order valence-electron chi connectivity index (χ3n) is 4.04. The Hall–Kier alpha value is -3.54. The van der Waals surface area contributed by atoms with Crippen molar-refractivity contribution in [2.24, 2.45) is 0 Å². The number of carbonyl (C=O) groups is 1. The van der Waals surface area contributed by atoms with Gasteiger partial charge in [-0.05, 0) is 42.0 Å². The predicted octanol–water partition coefficient (Wildman–Crippen LogP) is 4.39. The van der Waals surface area contributed by atoms with E-state index < -0.39 is 0 Å². The third-order valence-corrected chi connectivity index (χ3v) is 4.04. The molecule has 0 fully saturated rings. The van der Waals surface area contributed by atoms with Crippen molar-refractivity contribution in [2.45, 2.75) is 6.92 Å². The van der Waals surface area contributed by atoms with Gasteiger partial charge < -0.3 is 10.3 Å². The SMILES string of the molecule is CC(=O)Nc1cc(-c2[nH]c3cccnc3c2-c2ccc(F)cc2)ccn1. The van der Waals surface area contributed by atoms with Crippen molar-refractivity contribution in [3.05, 3.63) is 66.7 Å². The van der Waals surface area contributed by atoms with Crippen LogP contribution in [0.25, 0.3) is 33.4 Å². The Morgan fingerprint density at radius 2 is 1.85 bits per heavy atom. The van der Waals surface area contributed by atoms with Crippen LogP contribution in [-0.2, 0) is 4.79 Å². The lowest BCUT2D eigenvalue weighted by Gasteiger charge is -2.07. The minimum absolute atomic E-state index is 0.188. The van der Waals surface area contributed by atoms with Gasteiger partial charge in [-0.25, -0.2) is 9.37 Å². The average molecular weight is 346 g/mol. The summed E-state index contributed by atoms with van der Waals surface area (Å²) < 4.78 is 13.4. The number of hydrogen-bond donors (Lipinski definition) is 2. The summed E-state index contributed by atoms with van der Waals surface area (Å²) in [4.78, 5) is 23.3. The summed E-state index contributed by atoms with van der Waals surface area (Å²) in [6.45, 7) is 1.44. The highest BCUT2D eigenvalue weighted by Crippen LogP contribution is 2.37. The number of rotatable bonds is 3. The number of anilines is 1. The molecule has 0 aliphatic carbocycles. The first kappa shape index (κ1) is 16.0. The molecule has 26 heavy (non-hydrogen) atoms. The Morgan fingerprint density at radius 3 is 2.62 bits per heavy atom. The van der Waals surface area contributed by atoms with Crippen LogP contribution in [0.3, 0.4) is 0 Å². The van der Waals surface area contributed by atoms with Gasteiger partial charge in [-0.2, -0.15) is 0 Å². The first-order valence-corrected chi connectivity index (χ1v) is 8.08. The first-order chi connectivity index (χ1) is 12.6. The number of nitrogens with one attached hydrogen (secondary N) is 2. The number of fused-ring (bicyclic) bond motifs is 1. The van der Waals surface area contributed by atoms with Crippen LogP contribution < -0.4 is 5.32 Å². The van der Waals surface area contributed by atoms with Crippen LogP contribution in [-0.4, -0.2) is 20.9 Å². The van der Waals surface area contributed by atoms with E-state index in [9.17, 15) is 9.18 Å². The van der Waals surface area contributed by atoms with Crippen LogP contribution in [0.2, 0.25) is 0 Å². The molecule has 128 valence electrons. The topological polar surface area (TPSA) is 70.7 Å². The van der Waals surface area contributed by atoms with E-state index >= 15 is 0 Å². The lowest BCUT2D eigenvalue weighted by atomic mass is 10.0. The molecule has 0 bridgehead atoms. The van der Waals surface area contributed by atoms with Gasteiger partial charge in [0.15, 0.2) is 0 Å². The summed E-state index contributed by atoms with van der Waals surface area (Å²) in [5.41, 5.74) is 5.08. The summed E-state index contributed by atoms with van der Waals surface area (Å²) >= 11 is 0. The van der Waals surface area contributed by atoms with Crippen molar-refractivity contribution >= 4 is 22.8 Å². The predicted molar refractivity (Wildman–Crippen MR) is 99.0 cm³/mol. The summed E-state index contributed by atoms with van der Waals surface area (Å²) in [6.07, 6.45) is 3.36. The maximum absolute atomic E-state index is 13.4. The summed E-state index contributed by atoms with van der Waals surface area (Å²) in [5, 5.41) is 2.69. The maximum atomic E-state index is 13.4. The number of aromatic amines is 1. The standard InChI is InChI=1S/C20H15FN4O/c1-12(26)24-17-11-14(8-10-22-17)19-18(13-4-6-15(21)7-5-13)20-16(25-19)3-2-9-23-20/h2-11,25H,1H3,(H,22,24,26). The normalized spacial score (nSPS) is 10.8. The number of aromatic nitrogens is 3.